The van der Waals surface area contributed by atoms with Gasteiger partial charge in [0.05, 0.1) is 24.6 Å². The Morgan fingerprint density at radius 2 is 2.00 bits per heavy atom. The minimum atomic E-state index is -0.439. The normalized spacial score (nSPS) is 10.7. The van der Waals surface area contributed by atoms with Gasteiger partial charge >= 0.3 is 5.97 Å². The van der Waals surface area contributed by atoms with E-state index >= 15 is 0 Å². The van der Waals surface area contributed by atoms with E-state index < -0.39 is 5.97 Å². The lowest BCUT2D eigenvalue weighted by atomic mass is 10.2. The number of ether oxygens (including phenoxy) is 2. The Kier molecular flexibility index (Phi) is 5.60. The standard InChI is InChI=1S/C19H17N3O3S/c1-13-12-26-19(21-13)22-20-11-14-6-8-16(9-7-14)25-18(23)15-4-3-5-17(10-15)24-2/h3-12H,1-2H3,(H,21,22)/b20-11-. The van der Waals surface area contributed by atoms with Gasteiger partial charge in [-0.05, 0) is 55.0 Å². The van der Waals surface area contributed by atoms with Crippen LogP contribution in [-0.4, -0.2) is 24.3 Å². The molecule has 26 heavy (non-hydrogen) atoms. The molecule has 1 N–H and O–H groups in total. The topological polar surface area (TPSA) is 72.8 Å². The van der Waals surface area contributed by atoms with Gasteiger partial charge in [-0.2, -0.15) is 5.10 Å². The van der Waals surface area contributed by atoms with Crippen molar-refractivity contribution in [2.45, 2.75) is 6.92 Å². The molecule has 0 aliphatic heterocycles. The van der Waals surface area contributed by atoms with Crippen LogP contribution in [0.4, 0.5) is 5.13 Å². The maximum Gasteiger partial charge on any atom is 0.343 e. The first-order valence-electron chi connectivity index (χ1n) is 7.81. The number of thiazole rings is 1. The maximum atomic E-state index is 12.2. The number of aryl methyl sites for hydroxylation is 1. The Morgan fingerprint density at radius 1 is 1.19 bits per heavy atom. The third-order valence-electron chi connectivity index (χ3n) is 3.39. The molecule has 0 aliphatic rings. The van der Waals surface area contributed by atoms with Crippen LogP contribution in [0.25, 0.3) is 0 Å². The number of carbonyl (C=O) groups excluding carboxylic acids is 1. The van der Waals surface area contributed by atoms with Gasteiger partial charge in [-0.15, -0.1) is 11.3 Å². The van der Waals surface area contributed by atoms with Gasteiger partial charge in [-0.25, -0.2) is 9.78 Å². The summed E-state index contributed by atoms with van der Waals surface area (Å²) in [4.78, 5) is 16.4. The second-order valence-corrected chi connectivity index (χ2v) is 6.21. The number of methoxy groups -OCH3 is 1. The second-order valence-electron chi connectivity index (χ2n) is 5.35. The van der Waals surface area contributed by atoms with Crippen LogP contribution in [-0.2, 0) is 0 Å². The molecule has 0 unspecified atom stereocenters. The molecule has 0 saturated carbocycles. The highest BCUT2D eigenvalue weighted by molar-refractivity contribution is 7.13. The summed E-state index contributed by atoms with van der Waals surface area (Å²) in [7, 11) is 1.55. The second kappa shape index (κ2) is 8.26. The van der Waals surface area contributed by atoms with E-state index in [1.54, 1.807) is 49.7 Å². The lowest BCUT2D eigenvalue weighted by molar-refractivity contribution is 0.0734. The van der Waals surface area contributed by atoms with Crippen LogP contribution in [0.1, 0.15) is 21.6 Å². The quantitative estimate of drug-likeness (QED) is 0.307. The van der Waals surface area contributed by atoms with E-state index in [1.165, 1.54) is 11.3 Å². The zero-order valence-corrected chi connectivity index (χ0v) is 15.1. The number of nitrogens with one attached hydrogen (secondary N) is 1. The van der Waals surface area contributed by atoms with Crippen molar-refractivity contribution in [3.63, 3.8) is 0 Å². The van der Waals surface area contributed by atoms with Crippen molar-refractivity contribution in [1.29, 1.82) is 0 Å². The number of hydrazone groups is 1. The minimum Gasteiger partial charge on any atom is -0.497 e. The van der Waals surface area contributed by atoms with Crippen LogP contribution in [0.15, 0.2) is 59.0 Å². The van der Waals surface area contributed by atoms with Crippen molar-refractivity contribution in [2.75, 3.05) is 12.5 Å². The average Bonchev–Trinajstić information content (AvgIpc) is 3.08. The SMILES string of the molecule is COc1cccc(C(=O)Oc2ccc(/C=N\Nc3nc(C)cs3)cc2)c1. The Morgan fingerprint density at radius 3 is 2.69 bits per heavy atom. The Balaban J connectivity index is 1.59. The summed E-state index contributed by atoms with van der Waals surface area (Å²) >= 11 is 1.49. The number of benzene rings is 2. The smallest absolute Gasteiger partial charge is 0.343 e. The third-order valence-corrected chi connectivity index (χ3v) is 4.25. The van der Waals surface area contributed by atoms with Crippen LogP contribution >= 0.6 is 11.3 Å². The molecule has 1 heterocycles. The van der Waals surface area contributed by atoms with E-state index in [4.69, 9.17) is 9.47 Å². The maximum absolute atomic E-state index is 12.2. The van der Waals surface area contributed by atoms with E-state index in [1.807, 2.05) is 24.4 Å². The zero-order valence-electron chi connectivity index (χ0n) is 14.3. The summed E-state index contributed by atoms with van der Waals surface area (Å²) < 4.78 is 10.5. The van der Waals surface area contributed by atoms with Crippen molar-refractivity contribution in [2.24, 2.45) is 5.10 Å². The molecule has 6 nitrogen and oxygen atoms in total. The first-order valence-corrected chi connectivity index (χ1v) is 8.69. The van der Waals surface area contributed by atoms with Crippen LogP contribution in [0.5, 0.6) is 11.5 Å². The van der Waals surface area contributed by atoms with E-state index in [2.05, 4.69) is 15.5 Å². The fraction of sp³-hybridized carbons (Fsp3) is 0.105. The molecule has 0 bridgehead atoms. The van der Waals surface area contributed by atoms with Crippen molar-refractivity contribution in [1.82, 2.24) is 4.98 Å². The molecule has 0 radical (unpaired) electrons. The van der Waals surface area contributed by atoms with Crippen LogP contribution in [0.3, 0.4) is 0 Å². The predicted molar refractivity (Wildman–Crippen MR) is 102 cm³/mol. The number of nitrogens with zero attached hydrogens (tertiary/aromatic N) is 2. The molecule has 7 heteroatoms. The molecule has 2 aromatic carbocycles. The number of hydrogen-bond acceptors (Lipinski definition) is 7. The lowest BCUT2D eigenvalue weighted by Crippen LogP contribution is -2.08. The number of rotatable bonds is 6. The van der Waals surface area contributed by atoms with Crippen LogP contribution in [0.2, 0.25) is 0 Å². The van der Waals surface area contributed by atoms with E-state index in [9.17, 15) is 4.79 Å². The van der Waals surface area contributed by atoms with Gasteiger partial charge in [0.1, 0.15) is 11.5 Å². The van der Waals surface area contributed by atoms with Gasteiger partial charge in [0.2, 0.25) is 5.13 Å². The van der Waals surface area contributed by atoms with Crippen LogP contribution < -0.4 is 14.9 Å². The third kappa shape index (κ3) is 4.67. The summed E-state index contributed by atoms with van der Waals surface area (Å²) in [6.07, 6.45) is 1.67. The Labute approximate surface area is 155 Å². The van der Waals surface area contributed by atoms with Gasteiger partial charge in [0.15, 0.2) is 0 Å². The molecular formula is C19H17N3O3S. The van der Waals surface area contributed by atoms with Crippen molar-refractivity contribution < 1.29 is 14.3 Å². The monoisotopic (exact) mass is 367 g/mol. The van der Waals surface area contributed by atoms with Gasteiger partial charge in [0.25, 0.3) is 0 Å². The Hall–Kier alpha value is -3.19. The van der Waals surface area contributed by atoms with Crippen molar-refractivity contribution in [3.05, 3.63) is 70.7 Å². The molecule has 0 saturated heterocycles. The first-order chi connectivity index (χ1) is 12.6. The molecule has 0 fully saturated rings. The lowest BCUT2D eigenvalue weighted by Gasteiger charge is -2.06. The number of anilines is 1. The molecule has 3 aromatic rings. The number of hydrogen-bond donors (Lipinski definition) is 1. The highest BCUT2D eigenvalue weighted by Crippen LogP contribution is 2.17. The number of aromatic nitrogens is 1. The van der Waals surface area contributed by atoms with Gasteiger partial charge in [-0.1, -0.05) is 6.07 Å². The highest BCUT2D eigenvalue weighted by atomic mass is 32.1. The van der Waals surface area contributed by atoms with E-state index in [0.29, 0.717) is 17.1 Å². The molecule has 132 valence electrons. The largest absolute Gasteiger partial charge is 0.497 e. The summed E-state index contributed by atoms with van der Waals surface area (Å²) in [6.45, 7) is 1.93. The zero-order chi connectivity index (χ0) is 18.4. The van der Waals surface area contributed by atoms with E-state index in [0.717, 1.165) is 16.4 Å². The summed E-state index contributed by atoms with van der Waals surface area (Å²) in [5.41, 5.74) is 5.12. The van der Waals surface area contributed by atoms with Gasteiger partial charge in [-0.3, -0.25) is 5.43 Å². The van der Waals surface area contributed by atoms with Crippen LogP contribution in [0, 0.1) is 6.92 Å². The molecule has 0 aliphatic carbocycles. The van der Waals surface area contributed by atoms with E-state index in [-0.39, 0.29) is 0 Å². The minimum absolute atomic E-state index is 0.429. The number of carbonyl (C=O) groups is 1. The first kappa shape index (κ1) is 17.6. The summed E-state index contributed by atoms with van der Waals surface area (Å²) in [5, 5.41) is 6.82. The molecule has 1 aromatic heterocycles. The highest BCUT2D eigenvalue weighted by Gasteiger charge is 2.09. The molecule has 0 atom stereocenters. The van der Waals surface area contributed by atoms with Gasteiger partial charge in [0, 0.05) is 5.38 Å². The molecule has 3 rings (SSSR count). The average molecular weight is 367 g/mol. The fourth-order valence-electron chi connectivity index (χ4n) is 2.11. The number of esters is 1. The Bertz CT molecular complexity index is 920. The predicted octanol–water partition coefficient (Wildman–Crippen LogP) is 4.13. The fourth-order valence-corrected chi connectivity index (χ4v) is 2.74. The molecule has 0 amide bonds. The summed E-state index contributed by atoms with van der Waals surface area (Å²) in [5.74, 6) is 0.624. The summed E-state index contributed by atoms with van der Waals surface area (Å²) in [6, 6.07) is 13.9. The molecular weight excluding hydrogens is 350 g/mol. The van der Waals surface area contributed by atoms with Gasteiger partial charge < -0.3 is 9.47 Å². The molecule has 0 spiro atoms. The van der Waals surface area contributed by atoms with Crippen molar-refractivity contribution >= 4 is 28.7 Å². The van der Waals surface area contributed by atoms with Crippen molar-refractivity contribution in [3.8, 4) is 11.5 Å².